The van der Waals surface area contributed by atoms with Crippen LogP contribution in [0.15, 0.2) is 54.6 Å². The highest BCUT2D eigenvalue weighted by molar-refractivity contribution is 5.97. The molecule has 31 heavy (non-hydrogen) atoms. The molecule has 0 spiro atoms. The molecule has 1 heterocycles. The summed E-state index contributed by atoms with van der Waals surface area (Å²) in [5.74, 6) is 0.717. The summed E-state index contributed by atoms with van der Waals surface area (Å²) in [5, 5.41) is 2.99. The lowest BCUT2D eigenvalue weighted by molar-refractivity contribution is -0.134. The Kier molecular flexibility index (Phi) is 7.93. The van der Waals surface area contributed by atoms with Crippen LogP contribution in [0.25, 0.3) is 0 Å². The summed E-state index contributed by atoms with van der Waals surface area (Å²) >= 11 is 0. The molecule has 6 heteroatoms. The van der Waals surface area contributed by atoms with E-state index in [2.05, 4.69) is 16.3 Å². The average molecular weight is 424 g/mol. The fourth-order valence-electron chi connectivity index (χ4n) is 3.86. The van der Waals surface area contributed by atoms with E-state index >= 15 is 0 Å². The third-order valence-corrected chi connectivity index (χ3v) is 5.90. The molecule has 6 nitrogen and oxygen atoms in total. The molecule has 1 aliphatic heterocycles. The van der Waals surface area contributed by atoms with E-state index < -0.39 is 6.04 Å². The van der Waals surface area contributed by atoms with Crippen LogP contribution in [0.1, 0.15) is 37.6 Å². The van der Waals surface area contributed by atoms with Crippen LogP contribution in [0.3, 0.4) is 0 Å². The molecular weight excluding hydrogens is 390 g/mol. The van der Waals surface area contributed by atoms with Crippen molar-refractivity contribution in [3.05, 3.63) is 60.2 Å². The number of carbonyl (C=O) groups excluding carboxylic acids is 2. The lowest BCUT2D eigenvalue weighted by atomic mass is 9.97. The summed E-state index contributed by atoms with van der Waals surface area (Å²) in [4.78, 5) is 30.2. The summed E-state index contributed by atoms with van der Waals surface area (Å²) in [6.07, 6.45) is 0.813. The average Bonchev–Trinajstić information content (AvgIpc) is 2.82. The van der Waals surface area contributed by atoms with Gasteiger partial charge in [-0.25, -0.2) is 0 Å². The van der Waals surface area contributed by atoms with Crippen molar-refractivity contribution < 1.29 is 14.3 Å². The molecule has 0 saturated carbocycles. The van der Waals surface area contributed by atoms with Gasteiger partial charge in [0.15, 0.2) is 0 Å². The summed E-state index contributed by atoms with van der Waals surface area (Å²) in [6.45, 7) is 9.36. The topological polar surface area (TPSA) is 61.9 Å². The number of nitrogens with zero attached hydrogens (tertiary/aromatic N) is 2. The largest absolute Gasteiger partial charge is 0.492 e. The number of ether oxygens (including phenoxy) is 1. The maximum Gasteiger partial charge on any atom is 0.251 e. The van der Waals surface area contributed by atoms with E-state index in [9.17, 15) is 9.59 Å². The lowest BCUT2D eigenvalue weighted by Crippen LogP contribution is -2.56. The third kappa shape index (κ3) is 5.57. The predicted molar refractivity (Wildman–Crippen MR) is 124 cm³/mol. The van der Waals surface area contributed by atoms with E-state index in [0.717, 1.165) is 30.9 Å². The fourth-order valence-corrected chi connectivity index (χ4v) is 3.86. The number of piperazine rings is 1. The lowest BCUT2D eigenvalue weighted by Gasteiger charge is -2.39. The second-order valence-corrected chi connectivity index (χ2v) is 7.92. The highest BCUT2D eigenvalue weighted by Gasteiger charge is 2.32. The number of amides is 2. The molecule has 166 valence electrons. The van der Waals surface area contributed by atoms with Crippen molar-refractivity contribution in [3.63, 3.8) is 0 Å². The molecule has 0 aromatic heterocycles. The zero-order valence-electron chi connectivity index (χ0n) is 18.7. The van der Waals surface area contributed by atoms with E-state index in [1.54, 1.807) is 12.1 Å². The Balaban J connectivity index is 1.66. The molecule has 1 aliphatic rings. The van der Waals surface area contributed by atoms with Gasteiger partial charge < -0.3 is 19.9 Å². The van der Waals surface area contributed by atoms with Crippen LogP contribution in [-0.4, -0.2) is 55.5 Å². The molecule has 2 aromatic rings. The first-order valence-corrected chi connectivity index (χ1v) is 11.2. The fraction of sp³-hybridized carbons (Fsp3) is 0.440. The highest BCUT2D eigenvalue weighted by atomic mass is 16.5. The smallest absolute Gasteiger partial charge is 0.251 e. The van der Waals surface area contributed by atoms with Gasteiger partial charge in [0, 0.05) is 31.7 Å². The SMILES string of the molecule is CCOc1ccccc1N1CCN(C(=O)[C@@H](NC(=O)c2ccccc2)[C@@H](C)CC)CC1. The van der Waals surface area contributed by atoms with Crippen LogP contribution in [0.2, 0.25) is 0 Å². The predicted octanol–water partition coefficient (Wildman–Crippen LogP) is 3.58. The minimum Gasteiger partial charge on any atom is -0.492 e. The van der Waals surface area contributed by atoms with Crippen molar-refractivity contribution in [2.75, 3.05) is 37.7 Å². The van der Waals surface area contributed by atoms with E-state index in [0.29, 0.717) is 25.3 Å². The number of para-hydroxylation sites is 2. The van der Waals surface area contributed by atoms with Crippen LogP contribution < -0.4 is 15.0 Å². The van der Waals surface area contributed by atoms with Gasteiger partial charge in [0.05, 0.1) is 12.3 Å². The first kappa shape index (κ1) is 22.7. The molecular formula is C25H33N3O3. The summed E-state index contributed by atoms with van der Waals surface area (Å²) in [5.41, 5.74) is 1.63. The van der Waals surface area contributed by atoms with Crippen molar-refractivity contribution in [2.24, 2.45) is 5.92 Å². The summed E-state index contributed by atoms with van der Waals surface area (Å²) < 4.78 is 5.76. The number of benzene rings is 2. The maximum atomic E-state index is 13.3. The monoisotopic (exact) mass is 423 g/mol. The molecule has 1 saturated heterocycles. The molecule has 1 N–H and O–H groups in total. The van der Waals surface area contributed by atoms with Gasteiger partial charge in [-0.15, -0.1) is 0 Å². The maximum absolute atomic E-state index is 13.3. The normalized spacial score (nSPS) is 15.8. The number of nitrogens with one attached hydrogen (secondary N) is 1. The van der Waals surface area contributed by atoms with Gasteiger partial charge in [0.1, 0.15) is 11.8 Å². The molecule has 0 bridgehead atoms. The van der Waals surface area contributed by atoms with Crippen LogP contribution >= 0.6 is 0 Å². The number of rotatable bonds is 8. The standard InChI is InChI=1S/C25H33N3O3/c1-4-19(3)23(26-24(29)20-11-7-6-8-12-20)25(30)28-17-15-27(16-18-28)21-13-9-10-14-22(21)31-5-2/h6-14,19,23H,4-5,15-18H2,1-3H3,(H,26,29)/t19-,23-/m0/s1. The summed E-state index contributed by atoms with van der Waals surface area (Å²) in [6, 6.07) is 16.6. The molecule has 2 aromatic carbocycles. The van der Waals surface area contributed by atoms with Crippen molar-refractivity contribution in [1.29, 1.82) is 0 Å². The van der Waals surface area contributed by atoms with Gasteiger partial charge in [0.2, 0.25) is 5.91 Å². The van der Waals surface area contributed by atoms with Gasteiger partial charge in [0.25, 0.3) is 5.91 Å². The van der Waals surface area contributed by atoms with Crippen LogP contribution in [0.5, 0.6) is 5.75 Å². The summed E-state index contributed by atoms with van der Waals surface area (Å²) in [7, 11) is 0. The van der Waals surface area contributed by atoms with Crippen molar-refractivity contribution in [3.8, 4) is 5.75 Å². The Bertz CT molecular complexity index is 863. The number of anilines is 1. The van der Waals surface area contributed by atoms with Crippen LogP contribution in [0, 0.1) is 5.92 Å². The van der Waals surface area contributed by atoms with E-state index in [1.165, 1.54) is 0 Å². The van der Waals surface area contributed by atoms with Gasteiger partial charge in [-0.3, -0.25) is 9.59 Å². The van der Waals surface area contributed by atoms with Crippen LogP contribution in [-0.2, 0) is 4.79 Å². The molecule has 2 amide bonds. The van der Waals surface area contributed by atoms with E-state index in [-0.39, 0.29) is 17.7 Å². The highest BCUT2D eigenvalue weighted by Crippen LogP contribution is 2.29. The van der Waals surface area contributed by atoms with Crippen molar-refractivity contribution in [2.45, 2.75) is 33.2 Å². The molecule has 2 atom stereocenters. The molecule has 3 rings (SSSR count). The van der Waals surface area contributed by atoms with E-state index in [4.69, 9.17) is 4.74 Å². The van der Waals surface area contributed by atoms with Gasteiger partial charge in [-0.05, 0) is 37.1 Å². The van der Waals surface area contributed by atoms with Crippen LogP contribution in [0.4, 0.5) is 5.69 Å². The second-order valence-electron chi connectivity index (χ2n) is 7.92. The number of hydrogen-bond acceptors (Lipinski definition) is 4. The number of carbonyl (C=O) groups is 2. The Hall–Kier alpha value is -3.02. The van der Waals surface area contributed by atoms with E-state index in [1.807, 2.05) is 62.1 Å². The van der Waals surface area contributed by atoms with Gasteiger partial charge in [-0.1, -0.05) is 50.6 Å². The van der Waals surface area contributed by atoms with Crippen molar-refractivity contribution in [1.82, 2.24) is 10.2 Å². The molecule has 1 fully saturated rings. The quantitative estimate of drug-likeness (QED) is 0.705. The Labute approximate surface area is 185 Å². The zero-order chi connectivity index (χ0) is 22.2. The zero-order valence-corrected chi connectivity index (χ0v) is 18.7. The molecule has 0 radical (unpaired) electrons. The third-order valence-electron chi connectivity index (χ3n) is 5.90. The molecule has 0 unspecified atom stereocenters. The minimum atomic E-state index is -0.528. The second kappa shape index (κ2) is 10.8. The van der Waals surface area contributed by atoms with Gasteiger partial charge >= 0.3 is 0 Å². The van der Waals surface area contributed by atoms with Gasteiger partial charge in [-0.2, -0.15) is 0 Å². The minimum absolute atomic E-state index is 0.00336. The Morgan fingerprint density at radius 3 is 2.26 bits per heavy atom. The van der Waals surface area contributed by atoms with Crippen molar-refractivity contribution >= 4 is 17.5 Å². The Morgan fingerprint density at radius 2 is 1.61 bits per heavy atom. The Morgan fingerprint density at radius 1 is 0.968 bits per heavy atom. The molecule has 0 aliphatic carbocycles. The first-order valence-electron chi connectivity index (χ1n) is 11.2. The first-order chi connectivity index (χ1) is 15.0. The number of hydrogen-bond donors (Lipinski definition) is 1.